The van der Waals surface area contributed by atoms with Crippen molar-refractivity contribution >= 4 is 0 Å². The number of benzene rings is 1. The van der Waals surface area contributed by atoms with Gasteiger partial charge in [0, 0.05) is 12.6 Å². The second-order valence-electron chi connectivity index (χ2n) is 3.83. The fourth-order valence-electron chi connectivity index (χ4n) is 1.68. The lowest BCUT2D eigenvalue weighted by atomic mass is 10.00. The van der Waals surface area contributed by atoms with Crippen LogP contribution in [0.1, 0.15) is 23.6 Å². The first-order valence-electron chi connectivity index (χ1n) is 5.52. The quantitative estimate of drug-likeness (QED) is 0.439. The van der Waals surface area contributed by atoms with Crippen LogP contribution in [0.2, 0.25) is 0 Å². The van der Waals surface area contributed by atoms with Crippen LogP contribution in [0.15, 0.2) is 24.3 Å². The number of ether oxygens (including phenoxy) is 1. The van der Waals surface area contributed by atoms with Gasteiger partial charge in [0.15, 0.2) is 0 Å². The van der Waals surface area contributed by atoms with E-state index >= 15 is 0 Å². The van der Waals surface area contributed by atoms with Crippen molar-refractivity contribution in [1.29, 1.82) is 0 Å². The van der Waals surface area contributed by atoms with Gasteiger partial charge >= 0.3 is 0 Å². The SMILES string of the molecule is Cc1ccccc1C(CCOCC(F)F)NN. The van der Waals surface area contributed by atoms with Crippen molar-refractivity contribution in [3.63, 3.8) is 0 Å². The summed E-state index contributed by atoms with van der Waals surface area (Å²) in [5, 5.41) is 0. The average Bonchev–Trinajstić information content (AvgIpc) is 2.30. The topological polar surface area (TPSA) is 47.3 Å². The van der Waals surface area contributed by atoms with Crippen LogP contribution in [-0.2, 0) is 4.74 Å². The molecule has 0 radical (unpaired) electrons. The molecule has 0 bridgehead atoms. The van der Waals surface area contributed by atoms with Gasteiger partial charge in [0.2, 0.25) is 0 Å². The van der Waals surface area contributed by atoms with E-state index in [0.717, 1.165) is 11.1 Å². The highest BCUT2D eigenvalue weighted by Gasteiger charge is 2.12. The Morgan fingerprint density at radius 2 is 2.06 bits per heavy atom. The van der Waals surface area contributed by atoms with Crippen molar-refractivity contribution in [2.45, 2.75) is 25.8 Å². The van der Waals surface area contributed by atoms with E-state index < -0.39 is 13.0 Å². The summed E-state index contributed by atoms with van der Waals surface area (Å²) in [4.78, 5) is 0. The first kappa shape index (κ1) is 14.0. The summed E-state index contributed by atoms with van der Waals surface area (Å²) < 4.78 is 28.6. The molecule has 0 aliphatic rings. The minimum Gasteiger partial charge on any atom is -0.375 e. The molecular weight excluding hydrogens is 226 g/mol. The van der Waals surface area contributed by atoms with Gasteiger partial charge in [0.25, 0.3) is 6.43 Å². The summed E-state index contributed by atoms with van der Waals surface area (Å²) >= 11 is 0. The molecule has 0 aromatic heterocycles. The monoisotopic (exact) mass is 244 g/mol. The Bertz CT molecular complexity index is 334. The first-order chi connectivity index (χ1) is 8.15. The Hall–Kier alpha value is -1.04. The summed E-state index contributed by atoms with van der Waals surface area (Å²) in [6.45, 7) is 1.72. The molecule has 96 valence electrons. The normalized spacial score (nSPS) is 13.0. The molecule has 1 atom stereocenters. The van der Waals surface area contributed by atoms with Crippen molar-refractivity contribution in [1.82, 2.24) is 5.43 Å². The lowest BCUT2D eigenvalue weighted by molar-refractivity contribution is 0.0143. The third-order valence-electron chi connectivity index (χ3n) is 2.56. The van der Waals surface area contributed by atoms with Gasteiger partial charge in [-0.15, -0.1) is 0 Å². The molecule has 0 saturated carbocycles. The van der Waals surface area contributed by atoms with Gasteiger partial charge in [-0.05, 0) is 24.5 Å². The fourth-order valence-corrected chi connectivity index (χ4v) is 1.68. The molecule has 0 amide bonds. The van der Waals surface area contributed by atoms with E-state index in [1.165, 1.54) is 0 Å². The van der Waals surface area contributed by atoms with Gasteiger partial charge in [0.05, 0.1) is 0 Å². The number of hydrogen-bond donors (Lipinski definition) is 2. The smallest absolute Gasteiger partial charge is 0.261 e. The lowest BCUT2D eigenvalue weighted by Crippen LogP contribution is -2.29. The zero-order chi connectivity index (χ0) is 12.7. The van der Waals surface area contributed by atoms with Crippen LogP contribution < -0.4 is 11.3 Å². The molecule has 3 nitrogen and oxygen atoms in total. The zero-order valence-corrected chi connectivity index (χ0v) is 9.83. The molecule has 0 aliphatic carbocycles. The third-order valence-corrected chi connectivity index (χ3v) is 2.56. The minimum atomic E-state index is -2.42. The van der Waals surface area contributed by atoms with Crippen LogP contribution in [-0.4, -0.2) is 19.6 Å². The molecule has 5 heteroatoms. The van der Waals surface area contributed by atoms with Crippen molar-refractivity contribution < 1.29 is 13.5 Å². The van der Waals surface area contributed by atoms with Gasteiger partial charge in [-0.25, -0.2) is 8.78 Å². The lowest BCUT2D eigenvalue weighted by Gasteiger charge is -2.18. The van der Waals surface area contributed by atoms with Gasteiger partial charge in [0.1, 0.15) is 6.61 Å². The second-order valence-corrected chi connectivity index (χ2v) is 3.83. The van der Waals surface area contributed by atoms with Crippen LogP contribution in [0.5, 0.6) is 0 Å². The fraction of sp³-hybridized carbons (Fsp3) is 0.500. The van der Waals surface area contributed by atoms with Gasteiger partial charge in [-0.2, -0.15) is 0 Å². The number of nitrogens with two attached hydrogens (primary N) is 1. The summed E-state index contributed by atoms with van der Waals surface area (Å²) in [6.07, 6.45) is -1.86. The predicted molar refractivity (Wildman–Crippen MR) is 62.7 cm³/mol. The number of rotatable bonds is 7. The molecule has 3 N–H and O–H groups in total. The standard InChI is InChI=1S/C12H18F2N2O/c1-9-4-2-3-5-10(9)11(16-15)6-7-17-8-12(13)14/h2-5,11-12,16H,6-8,15H2,1H3. The molecule has 0 spiro atoms. The van der Waals surface area contributed by atoms with Gasteiger partial charge in [-0.1, -0.05) is 24.3 Å². The highest BCUT2D eigenvalue weighted by Crippen LogP contribution is 2.19. The van der Waals surface area contributed by atoms with Crippen molar-refractivity contribution in [3.8, 4) is 0 Å². The van der Waals surface area contributed by atoms with E-state index in [9.17, 15) is 8.78 Å². The number of alkyl halides is 2. The molecule has 1 aromatic carbocycles. The number of hydrazine groups is 1. The van der Waals surface area contributed by atoms with Crippen LogP contribution in [0.3, 0.4) is 0 Å². The minimum absolute atomic E-state index is 0.0751. The van der Waals surface area contributed by atoms with Crippen LogP contribution in [0.25, 0.3) is 0 Å². The molecular formula is C12H18F2N2O. The van der Waals surface area contributed by atoms with E-state index in [4.69, 9.17) is 10.6 Å². The van der Waals surface area contributed by atoms with E-state index in [1.807, 2.05) is 31.2 Å². The summed E-state index contributed by atoms with van der Waals surface area (Å²) in [5.41, 5.74) is 4.86. The van der Waals surface area contributed by atoms with E-state index in [1.54, 1.807) is 0 Å². The summed E-state index contributed by atoms with van der Waals surface area (Å²) in [7, 11) is 0. The van der Waals surface area contributed by atoms with Crippen LogP contribution in [0.4, 0.5) is 8.78 Å². The largest absolute Gasteiger partial charge is 0.375 e. The van der Waals surface area contributed by atoms with Gasteiger partial charge < -0.3 is 4.74 Å². The highest BCUT2D eigenvalue weighted by atomic mass is 19.3. The predicted octanol–water partition coefficient (Wildman–Crippen LogP) is 2.17. The molecule has 0 fully saturated rings. The Balaban J connectivity index is 2.46. The van der Waals surface area contributed by atoms with Gasteiger partial charge in [-0.3, -0.25) is 11.3 Å². The Labute approximate surface area is 99.9 Å². The van der Waals surface area contributed by atoms with Crippen molar-refractivity contribution in [2.24, 2.45) is 5.84 Å². The number of aryl methyl sites for hydroxylation is 1. The maximum absolute atomic E-state index is 11.9. The van der Waals surface area contributed by atoms with Crippen molar-refractivity contribution in [2.75, 3.05) is 13.2 Å². The molecule has 1 unspecified atom stereocenters. The molecule has 17 heavy (non-hydrogen) atoms. The maximum Gasteiger partial charge on any atom is 0.261 e. The van der Waals surface area contributed by atoms with Crippen LogP contribution in [0, 0.1) is 6.92 Å². The van der Waals surface area contributed by atoms with E-state index in [-0.39, 0.29) is 12.6 Å². The Kier molecular flexibility index (Phi) is 6.04. The van der Waals surface area contributed by atoms with Crippen molar-refractivity contribution in [3.05, 3.63) is 35.4 Å². The molecule has 1 aromatic rings. The number of hydrogen-bond acceptors (Lipinski definition) is 3. The van der Waals surface area contributed by atoms with E-state index in [2.05, 4.69) is 5.43 Å². The molecule has 0 heterocycles. The zero-order valence-electron chi connectivity index (χ0n) is 9.83. The Morgan fingerprint density at radius 3 is 2.65 bits per heavy atom. The number of nitrogens with one attached hydrogen (secondary N) is 1. The summed E-state index contributed by atoms with van der Waals surface area (Å²) in [6, 6.07) is 7.74. The average molecular weight is 244 g/mol. The summed E-state index contributed by atoms with van der Waals surface area (Å²) in [5.74, 6) is 5.46. The van der Waals surface area contributed by atoms with E-state index in [0.29, 0.717) is 6.42 Å². The third kappa shape index (κ3) is 4.77. The maximum atomic E-state index is 11.9. The Morgan fingerprint density at radius 1 is 1.35 bits per heavy atom. The second kappa shape index (κ2) is 7.32. The number of halogens is 2. The molecule has 0 aliphatic heterocycles. The first-order valence-corrected chi connectivity index (χ1v) is 5.52. The highest BCUT2D eigenvalue weighted by molar-refractivity contribution is 5.28. The molecule has 0 saturated heterocycles. The molecule has 1 rings (SSSR count). The van der Waals surface area contributed by atoms with Crippen LogP contribution >= 0.6 is 0 Å².